The van der Waals surface area contributed by atoms with Gasteiger partial charge < -0.3 is 9.84 Å². The van der Waals surface area contributed by atoms with Crippen LogP contribution < -0.4 is 4.74 Å². The number of methoxy groups -OCH3 is 1. The van der Waals surface area contributed by atoms with Gasteiger partial charge in [-0.1, -0.05) is 0 Å². The average molecular weight is 165 g/mol. The van der Waals surface area contributed by atoms with Gasteiger partial charge in [0.05, 0.1) is 7.11 Å². The van der Waals surface area contributed by atoms with Crippen LogP contribution in [0.4, 0.5) is 0 Å². The molecule has 1 aromatic carbocycles. The maximum Gasteiger partial charge on any atom is 0.134 e. The van der Waals surface area contributed by atoms with Crippen LogP contribution in [0, 0.1) is 0 Å². The Balaban J connectivity index is 2.71. The molecule has 0 saturated heterocycles. The normalized spacial score (nSPS) is 10.5. The van der Waals surface area contributed by atoms with Crippen molar-refractivity contribution in [3.63, 3.8) is 0 Å². The van der Waals surface area contributed by atoms with Gasteiger partial charge in [-0.05, 0) is 29.8 Å². The lowest BCUT2D eigenvalue weighted by Gasteiger charge is -1.98. The van der Waals surface area contributed by atoms with Gasteiger partial charge in [-0.15, -0.1) is 0 Å². The van der Waals surface area contributed by atoms with Gasteiger partial charge in [-0.3, -0.25) is 4.99 Å². The molecule has 3 heteroatoms. The first-order chi connectivity index (χ1) is 5.86. The molecule has 64 valence electrons. The standard InChI is InChI=1S/C9H11NO2/c1-12-9-4-2-8(3-5-9)6-10-7-11/h2-6,11H,7H2,1H3/b10-6+. The fourth-order valence-electron chi connectivity index (χ4n) is 0.836. The zero-order valence-electron chi connectivity index (χ0n) is 6.90. The van der Waals surface area contributed by atoms with E-state index in [4.69, 9.17) is 9.84 Å². The molecule has 1 rings (SSSR count). The molecule has 1 N–H and O–H groups in total. The van der Waals surface area contributed by atoms with E-state index in [9.17, 15) is 0 Å². The van der Waals surface area contributed by atoms with Crippen molar-refractivity contribution >= 4 is 6.21 Å². The lowest BCUT2D eigenvalue weighted by atomic mass is 10.2. The molecule has 0 aliphatic carbocycles. The molecular weight excluding hydrogens is 154 g/mol. The number of hydrogen-bond acceptors (Lipinski definition) is 3. The summed E-state index contributed by atoms with van der Waals surface area (Å²) in [5, 5.41) is 8.41. The van der Waals surface area contributed by atoms with Gasteiger partial charge in [0.15, 0.2) is 0 Å². The van der Waals surface area contributed by atoms with Crippen LogP contribution in [0.1, 0.15) is 5.56 Å². The van der Waals surface area contributed by atoms with E-state index in [2.05, 4.69) is 4.99 Å². The summed E-state index contributed by atoms with van der Waals surface area (Å²) in [4.78, 5) is 3.69. The summed E-state index contributed by atoms with van der Waals surface area (Å²) in [6.07, 6.45) is 1.61. The molecule has 3 nitrogen and oxygen atoms in total. The zero-order valence-corrected chi connectivity index (χ0v) is 6.90. The molecule has 0 amide bonds. The van der Waals surface area contributed by atoms with Crippen LogP contribution in [-0.4, -0.2) is 25.2 Å². The number of nitrogens with zero attached hydrogens (tertiary/aromatic N) is 1. The summed E-state index contributed by atoms with van der Waals surface area (Å²) in [5.41, 5.74) is 0.949. The van der Waals surface area contributed by atoms with Crippen LogP contribution in [0.2, 0.25) is 0 Å². The Labute approximate surface area is 71.3 Å². The van der Waals surface area contributed by atoms with Crippen molar-refractivity contribution in [2.24, 2.45) is 4.99 Å². The van der Waals surface area contributed by atoms with Gasteiger partial charge in [-0.25, -0.2) is 0 Å². The number of hydrogen-bond donors (Lipinski definition) is 1. The van der Waals surface area contributed by atoms with Crippen LogP contribution in [-0.2, 0) is 0 Å². The highest BCUT2D eigenvalue weighted by Crippen LogP contribution is 2.09. The lowest BCUT2D eigenvalue weighted by molar-refractivity contribution is 0.310. The lowest BCUT2D eigenvalue weighted by Crippen LogP contribution is -1.85. The van der Waals surface area contributed by atoms with Crippen molar-refractivity contribution in [2.75, 3.05) is 13.8 Å². The minimum absolute atomic E-state index is 0.175. The summed E-state index contributed by atoms with van der Waals surface area (Å²) >= 11 is 0. The summed E-state index contributed by atoms with van der Waals surface area (Å²) < 4.78 is 4.98. The molecule has 0 radical (unpaired) electrons. The minimum atomic E-state index is -0.175. The monoisotopic (exact) mass is 165 g/mol. The molecule has 0 spiro atoms. The van der Waals surface area contributed by atoms with Crippen molar-refractivity contribution in [3.8, 4) is 5.75 Å². The molecule has 0 aliphatic rings. The Morgan fingerprint density at radius 1 is 1.42 bits per heavy atom. The number of benzene rings is 1. The third kappa shape index (κ3) is 2.36. The first kappa shape index (κ1) is 8.74. The fourth-order valence-corrected chi connectivity index (χ4v) is 0.836. The van der Waals surface area contributed by atoms with E-state index in [0.717, 1.165) is 11.3 Å². The largest absolute Gasteiger partial charge is 0.497 e. The van der Waals surface area contributed by atoms with Crippen LogP contribution in [0.15, 0.2) is 29.3 Å². The van der Waals surface area contributed by atoms with Gasteiger partial charge >= 0.3 is 0 Å². The Kier molecular flexibility index (Phi) is 3.29. The zero-order chi connectivity index (χ0) is 8.81. The van der Waals surface area contributed by atoms with Crippen molar-refractivity contribution in [1.29, 1.82) is 0 Å². The molecule has 0 bridgehead atoms. The van der Waals surface area contributed by atoms with E-state index in [1.807, 2.05) is 24.3 Å². The predicted molar refractivity (Wildman–Crippen MR) is 47.7 cm³/mol. The van der Waals surface area contributed by atoms with E-state index >= 15 is 0 Å². The van der Waals surface area contributed by atoms with Gasteiger partial charge in [-0.2, -0.15) is 0 Å². The van der Waals surface area contributed by atoms with Gasteiger partial charge in [0.1, 0.15) is 12.5 Å². The van der Waals surface area contributed by atoms with Crippen molar-refractivity contribution < 1.29 is 9.84 Å². The van der Waals surface area contributed by atoms with Crippen LogP contribution in [0.5, 0.6) is 5.75 Å². The molecule has 0 fully saturated rings. The van der Waals surface area contributed by atoms with E-state index in [0.29, 0.717) is 0 Å². The van der Waals surface area contributed by atoms with Crippen LogP contribution >= 0.6 is 0 Å². The summed E-state index contributed by atoms with van der Waals surface area (Å²) in [6.45, 7) is -0.175. The Hall–Kier alpha value is -1.35. The average Bonchev–Trinajstić information content (AvgIpc) is 2.15. The smallest absolute Gasteiger partial charge is 0.134 e. The number of rotatable bonds is 3. The topological polar surface area (TPSA) is 41.8 Å². The second kappa shape index (κ2) is 4.51. The van der Waals surface area contributed by atoms with E-state index in [1.165, 1.54) is 0 Å². The van der Waals surface area contributed by atoms with Crippen molar-refractivity contribution in [2.45, 2.75) is 0 Å². The molecule has 12 heavy (non-hydrogen) atoms. The second-order valence-electron chi connectivity index (χ2n) is 2.23. The Bertz CT molecular complexity index is 254. The highest BCUT2D eigenvalue weighted by molar-refractivity contribution is 5.79. The molecular formula is C9H11NO2. The quantitative estimate of drug-likeness (QED) is 0.680. The predicted octanol–water partition coefficient (Wildman–Crippen LogP) is 1.06. The number of aliphatic hydroxyl groups excluding tert-OH is 1. The molecule has 1 aromatic rings. The molecule has 0 saturated carbocycles. The van der Waals surface area contributed by atoms with Crippen LogP contribution in [0.3, 0.4) is 0 Å². The van der Waals surface area contributed by atoms with E-state index in [-0.39, 0.29) is 6.73 Å². The first-order valence-electron chi connectivity index (χ1n) is 3.61. The minimum Gasteiger partial charge on any atom is -0.497 e. The highest BCUT2D eigenvalue weighted by atomic mass is 16.5. The number of ether oxygens (including phenoxy) is 1. The third-order valence-corrected chi connectivity index (χ3v) is 1.44. The van der Waals surface area contributed by atoms with E-state index in [1.54, 1.807) is 13.3 Å². The molecule has 0 unspecified atom stereocenters. The Morgan fingerprint density at radius 2 is 2.08 bits per heavy atom. The van der Waals surface area contributed by atoms with Gasteiger partial charge in [0, 0.05) is 6.21 Å². The van der Waals surface area contributed by atoms with Gasteiger partial charge in [0.2, 0.25) is 0 Å². The highest BCUT2D eigenvalue weighted by Gasteiger charge is 1.89. The van der Waals surface area contributed by atoms with Crippen LogP contribution in [0.25, 0.3) is 0 Å². The summed E-state index contributed by atoms with van der Waals surface area (Å²) in [7, 11) is 1.62. The third-order valence-electron chi connectivity index (χ3n) is 1.44. The summed E-state index contributed by atoms with van der Waals surface area (Å²) in [5.74, 6) is 0.816. The molecule has 0 aliphatic heterocycles. The summed E-state index contributed by atoms with van der Waals surface area (Å²) in [6, 6.07) is 7.44. The maximum absolute atomic E-state index is 8.41. The van der Waals surface area contributed by atoms with Crippen molar-refractivity contribution in [1.82, 2.24) is 0 Å². The maximum atomic E-state index is 8.41. The first-order valence-corrected chi connectivity index (χ1v) is 3.61. The molecule has 0 atom stereocenters. The SMILES string of the molecule is COc1ccc(/C=N/CO)cc1. The second-order valence-corrected chi connectivity index (χ2v) is 2.23. The number of aliphatic imine (C=N–C) groups is 1. The molecule has 0 aromatic heterocycles. The Morgan fingerprint density at radius 3 is 2.58 bits per heavy atom. The number of aliphatic hydroxyl groups is 1. The molecule has 0 heterocycles. The fraction of sp³-hybridized carbons (Fsp3) is 0.222. The van der Waals surface area contributed by atoms with Crippen molar-refractivity contribution in [3.05, 3.63) is 29.8 Å². The van der Waals surface area contributed by atoms with Gasteiger partial charge in [0.25, 0.3) is 0 Å². The van der Waals surface area contributed by atoms with E-state index < -0.39 is 0 Å².